The maximum atomic E-state index is 10.9. The van der Waals surface area contributed by atoms with Crippen LogP contribution >= 0.6 is 0 Å². The number of hydrogen-bond donors (Lipinski definition) is 1. The molecule has 1 N–H and O–H groups in total. The van der Waals surface area contributed by atoms with Gasteiger partial charge in [-0.25, -0.2) is 0 Å². The van der Waals surface area contributed by atoms with Crippen molar-refractivity contribution in [1.29, 1.82) is 0 Å². The van der Waals surface area contributed by atoms with E-state index >= 15 is 0 Å². The van der Waals surface area contributed by atoms with Crippen LogP contribution in [0.1, 0.15) is 18.1 Å². The number of hydrogen-bond acceptors (Lipinski definition) is 4. The highest BCUT2D eigenvalue weighted by molar-refractivity contribution is 5.42. The highest BCUT2D eigenvalue weighted by atomic mass is 16.6. The summed E-state index contributed by atoms with van der Waals surface area (Å²) in [5.41, 5.74) is 1.95. The number of rotatable bonds is 3. The van der Waals surface area contributed by atoms with Gasteiger partial charge in [0.25, 0.3) is 5.69 Å². The first kappa shape index (κ1) is 13.0. The van der Waals surface area contributed by atoms with Gasteiger partial charge in [-0.15, -0.1) is 0 Å². The van der Waals surface area contributed by atoms with Crippen LogP contribution in [0.2, 0.25) is 0 Å². The fourth-order valence-corrected chi connectivity index (χ4v) is 2.36. The van der Waals surface area contributed by atoms with Crippen molar-refractivity contribution in [2.24, 2.45) is 0 Å². The smallest absolute Gasteiger partial charge is 0.272 e. The summed E-state index contributed by atoms with van der Waals surface area (Å²) in [6.07, 6.45) is 0. The minimum Gasteiger partial charge on any atom is -0.312 e. The molecule has 0 amide bonds. The van der Waals surface area contributed by atoms with Crippen LogP contribution in [0.5, 0.6) is 0 Å². The maximum Gasteiger partial charge on any atom is 0.272 e. The average molecular weight is 249 g/mol. The minimum atomic E-state index is -0.306. The lowest BCUT2D eigenvalue weighted by atomic mass is 10.1. The zero-order valence-electron chi connectivity index (χ0n) is 10.8. The summed E-state index contributed by atoms with van der Waals surface area (Å²) < 4.78 is 0. The third-order valence-corrected chi connectivity index (χ3v) is 3.33. The Morgan fingerprint density at radius 3 is 3.00 bits per heavy atom. The molecule has 1 heterocycles. The quantitative estimate of drug-likeness (QED) is 0.654. The maximum absolute atomic E-state index is 10.9. The van der Waals surface area contributed by atoms with Crippen LogP contribution in [0, 0.1) is 17.0 Å². The van der Waals surface area contributed by atoms with Gasteiger partial charge in [0.15, 0.2) is 0 Å². The molecular weight excluding hydrogens is 230 g/mol. The Morgan fingerprint density at radius 1 is 1.56 bits per heavy atom. The zero-order valence-corrected chi connectivity index (χ0v) is 10.8. The lowest BCUT2D eigenvalue weighted by Gasteiger charge is -2.31. The Hall–Kier alpha value is -1.46. The van der Waals surface area contributed by atoms with E-state index in [0.717, 1.165) is 37.3 Å². The van der Waals surface area contributed by atoms with Crippen LogP contribution in [0.4, 0.5) is 5.69 Å². The molecule has 0 aromatic heterocycles. The van der Waals surface area contributed by atoms with E-state index in [1.165, 1.54) is 0 Å². The zero-order chi connectivity index (χ0) is 13.1. The number of aryl methyl sites for hydroxylation is 1. The third kappa shape index (κ3) is 3.05. The number of nitro groups is 1. The molecule has 5 heteroatoms. The lowest BCUT2D eigenvalue weighted by Crippen LogP contribution is -2.48. The number of nitrogens with zero attached hydrogens (tertiary/aromatic N) is 2. The first-order valence-electron chi connectivity index (χ1n) is 6.26. The molecule has 0 saturated carbocycles. The molecule has 1 aromatic carbocycles. The van der Waals surface area contributed by atoms with Crippen molar-refractivity contribution in [2.45, 2.75) is 26.4 Å². The van der Waals surface area contributed by atoms with Crippen molar-refractivity contribution in [2.75, 3.05) is 19.6 Å². The second-order valence-corrected chi connectivity index (χ2v) is 4.97. The fourth-order valence-electron chi connectivity index (χ4n) is 2.36. The number of benzene rings is 1. The third-order valence-electron chi connectivity index (χ3n) is 3.33. The van der Waals surface area contributed by atoms with E-state index < -0.39 is 0 Å². The van der Waals surface area contributed by atoms with Crippen LogP contribution in [-0.2, 0) is 6.54 Å². The van der Waals surface area contributed by atoms with Crippen LogP contribution in [0.15, 0.2) is 18.2 Å². The molecular formula is C13H19N3O2. The molecule has 1 aliphatic heterocycles. The van der Waals surface area contributed by atoms with E-state index in [4.69, 9.17) is 0 Å². The largest absolute Gasteiger partial charge is 0.312 e. The van der Waals surface area contributed by atoms with Crippen molar-refractivity contribution in [1.82, 2.24) is 10.2 Å². The fraction of sp³-hybridized carbons (Fsp3) is 0.538. The molecule has 1 fully saturated rings. The van der Waals surface area contributed by atoms with Crippen molar-refractivity contribution < 1.29 is 4.92 Å². The number of piperazine rings is 1. The topological polar surface area (TPSA) is 58.4 Å². The first-order chi connectivity index (χ1) is 8.56. The van der Waals surface area contributed by atoms with Gasteiger partial charge >= 0.3 is 0 Å². The highest BCUT2D eigenvalue weighted by Crippen LogP contribution is 2.20. The second kappa shape index (κ2) is 5.46. The van der Waals surface area contributed by atoms with E-state index in [1.807, 2.05) is 12.1 Å². The summed E-state index contributed by atoms with van der Waals surface area (Å²) >= 11 is 0. The summed E-state index contributed by atoms with van der Waals surface area (Å²) in [7, 11) is 0. The van der Waals surface area contributed by atoms with Crippen molar-refractivity contribution in [3.63, 3.8) is 0 Å². The lowest BCUT2D eigenvalue weighted by molar-refractivity contribution is -0.385. The Morgan fingerprint density at radius 2 is 2.33 bits per heavy atom. The predicted molar refractivity (Wildman–Crippen MR) is 70.6 cm³/mol. The van der Waals surface area contributed by atoms with Crippen molar-refractivity contribution in [3.05, 3.63) is 39.4 Å². The molecule has 5 nitrogen and oxygen atoms in total. The first-order valence-corrected chi connectivity index (χ1v) is 6.26. The standard InChI is InChI=1S/C13H19N3O2/c1-10-3-4-12(7-13(10)16(17)18)9-15-6-5-14-11(2)8-15/h3-4,7,11,14H,5-6,8-9H2,1-2H3/t11-/m1/s1. The molecule has 98 valence electrons. The summed E-state index contributed by atoms with van der Waals surface area (Å²) in [5, 5.41) is 14.3. The number of nitrogens with one attached hydrogen (secondary N) is 1. The van der Waals surface area contributed by atoms with Crippen molar-refractivity contribution >= 4 is 5.69 Å². The van der Waals surface area contributed by atoms with Gasteiger partial charge < -0.3 is 5.32 Å². The molecule has 0 spiro atoms. The molecule has 1 aliphatic rings. The molecule has 0 aliphatic carbocycles. The molecule has 0 radical (unpaired) electrons. The monoisotopic (exact) mass is 249 g/mol. The van der Waals surface area contributed by atoms with Crippen LogP contribution in [-0.4, -0.2) is 35.5 Å². The van der Waals surface area contributed by atoms with Crippen LogP contribution < -0.4 is 5.32 Å². The molecule has 0 bridgehead atoms. The van der Waals surface area contributed by atoms with Gasteiger partial charge in [-0.05, 0) is 19.4 Å². The summed E-state index contributed by atoms with van der Waals surface area (Å²) in [5.74, 6) is 0. The van der Waals surface area contributed by atoms with Gasteiger partial charge in [-0.2, -0.15) is 0 Å². The molecule has 1 aromatic rings. The van der Waals surface area contributed by atoms with Gasteiger partial charge in [0.2, 0.25) is 0 Å². The summed E-state index contributed by atoms with van der Waals surface area (Å²) in [4.78, 5) is 12.9. The van der Waals surface area contributed by atoms with Gasteiger partial charge in [-0.1, -0.05) is 12.1 Å². The molecule has 18 heavy (non-hydrogen) atoms. The number of nitro benzene ring substituents is 1. The highest BCUT2D eigenvalue weighted by Gasteiger charge is 2.17. The van der Waals surface area contributed by atoms with Crippen LogP contribution in [0.25, 0.3) is 0 Å². The second-order valence-electron chi connectivity index (χ2n) is 4.97. The van der Waals surface area contributed by atoms with Gasteiger partial charge in [0.05, 0.1) is 4.92 Å². The normalized spacial score (nSPS) is 20.9. The van der Waals surface area contributed by atoms with Crippen LogP contribution in [0.3, 0.4) is 0 Å². The predicted octanol–water partition coefficient (Wildman–Crippen LogP) is 1.70. The van der Waals surface area contributed by atoms with E-state index in [0.29, 0.717) is 6.04 Å². The summed E-state index contributed by atoms with van der Waals surface area (Å²) in [6, 6.07) is 6.00. The Balaban J connectivity index is 2.09. The van der Waals surface area contributed by atoms with Gasteiger partial charge in [-0.3, -0.25) is 15.0 Å². The van der Waals surface area contributed by atoms with E-state index in [1.54, 1.807) is 13.0 Å². The van der Waals surface area contributed by atoms with Gasteiger partial charge in [0, 0.05) is 43.9 Å². The SMILES string of the molecule is Cc1ccc(CN2CCN[C@H](C)C2)cc1[N+](=O)[O-]. The minimum absolute atomic E-state index is 0.218. The summed E-state index contributed by atoms with van der Waals surface area (Å²) in [6.45, 7) is 7.68. The van der Waals surface area contributed by atoms with Gasteiger partial charge in [0.1, 0.15) is 0 Å². The Labute approximate surface area is 107 Å². The van der Waals surface area contributed by atoms with E-state index in [9.17, 15) is 10.1 Å². The van der Waals surface area contributed by atoms with Crippen molar-refractivity contribution in [3.8, 4) is 0 Å². The molecule has 1 saturated heterocycles. The Bertz CT molecular complexity index is 448. The van der Waals surface area contributed by atoms with E-state index in [2.05, 4.69) is 17.1 Å². The Kier molecular flexibility index (Phi) is 3.93. The van der Waals surface area contributed by atoms with E-state index in [-0.39, 0.29) is 10.6 Å². The molecule has 1 atom stereocenters. The molecule has 0 unspecified atom stereocenters. The average Bonchev–Trinajstić information content (AvgIpc) is 2.31. The molecule has 2 rings (SSSR count).